The van der Waals surface area contributed by atoms with Crippen LogP contribution in [0, 0.1) is 6.92 Å². The summed E-state index contributed by atoms with van der Waals surface area (Å²) in [6.07, 6.45) is 1.43. The van der Waals surface area contributed by atoms with Crippen LogP contribution in [0.3, 0.4) is 0 Å². The van der Waals surface area contributed by atoms with Crippen LogP contribution >= 0.6 is 35.4 Å². The molecule has 9 heteroatoms. The van der Waals surface area contributed by atoms with Crippen molar-refractivity contribution in [3.63, 3.8) is 0 Å². The van der Waals surface area contributed by atoms with Crippen molar-refractivity contribution in [3.05, 3.63) is 81.7 Å². The number of aryl methyl sites for hydroxylation is 1. The molecular formula is C20H15Cl2N3O3S. The first-order valence-electron chi connectivity index (χ1n) is 8.36. The first-order chi connectivity index (χ1) is 13.8. The van der Waals surface area contributed by atoms with Gasteiger partial charge >= 0.3 is 0 Å². The molecule has 3 aromatic rings. The Morgan fingerprint density at radius 2 is 1.79 bits per heavy atom. The predicted molar refractivity (Wildman–Crippen MR) is 118 cm³/mol. The molecule has 0 saturated carbocycles. The maximum absolute atomic E-state index is 12.3. The second kappa shape index (κ2) is 9.09. The van der Waals surface area contributed by atoms with E-state index in [0.29, 0.717) is 16.4 Å². The fourth-order valence-corrected chi connectivity index (χ4v) is 3.06. The molecule has 0 atom stereocenters. The van der Waals surface area contributed by atoms with Gasteiger partial charge in [0, 0.05) is 16.4 Å². The number of amides is 2. The Labute approximate surface area is 182 Å². The summed E-state index contributed by atoms with van der Waals surface area (Å²) in [6.45, 7) is 1.83. The molecule has 2 amide bonds. The number of nitrogens with one attached hydrogen (secondary N) is 3. The van der Waals surface area contributed by atoms with E-state index < -0.39 is 5.91 Å². The molecule has 6 nitrogen and oxygen atoms in total. The molecule has 0 spiro atoms. The standard InChI is InChI=1S/C20H15Cl2N3O3S/c1-11-9-13(5-7-16(11)24-19(27)17-3-2-8-28-17)23-20(29)25-18(26)14-10-12(21)4-6-15(14)22/h2-10H,1H3,(H,24,27)(H2,23,25,26,29). The van der Waals surface area contributed by atoms with Crippen molar-refractivity contribution in [1.82, 2.24) is 5.32 Å². The van der Waals surface area contributed by atoms with E-state index in [2.05, 4.69) is 16.0 Å². The molecular weight excluding hydrogens is 433 g/mol. The van der Waals surface area contributed by atoms with Crippen molar-refractivity contribution in [2.75, 3.05) is 10.6 Å². The number of carbonyl (C=O) groups is 2. The summed E-state index contributed by atoms with van der Waals surface area (Å²) in [7, 11) is 0. The largest absolute Gasteiger partial charge is 0.459 e. The molecule has 3 rings (SSSR count). The third kappa shape index (κ3) is 5.35. The van der Waals surface area contributed by atoms with Crippen molar-refractivity contribution in [3.8, 4) is 0 Å². The van der Waals surface area contributed by atoms with Gasteiger partial charge in [0.25, 0.3) is 11.8 Å². The van der Waals surface area contributed by atoms with Gasteiger partial charge in [-0.05, 0) is 73.2 Å². The highest BCUT2D eigenvalue weighted by molar-refractivity contribution is 7.80. The van der Waals surface area contributed by atoms with Crippen LogP contribution < -0.4 is 16.0 Å². The number of carbonyl (C=O) groups excluding carboxylic acids is 2. The van der Waals surface area contributed by atoms with E-state index in [1.54, 1.807) is 36.4 Å². The van der Waals surface area contributed by atoms with Crippen LogP contribution in [0.4, 0.5) is 11.4 Å². The summed E-state index contributed by atoms with van der Waals surface area (Å²) in [5.74, 6) is -0.607. The molecule has 0 saturated heterocycles. The molecule has 2 aromatic carbocycles. The summed E-state index contributed by atoms with van der Waals surface area (Å²) < 4.78 is 5.07. The van der Waals surface area contributed by atoms with Crippen molar-refractivity contribution >= 4 is 63.7 Å². The van der Waals surface area contributed by atoms with Crippen LogP contribution in [0.2, 0.25) is 10.0 Å². The van der Waals surface area contributed by atoms with Gasteiger partial charge in [0.2, 0.25) is 0 Å². The molecule has 3 N–H and O–H groups in total. The molecule has 0 radical (unpaired) electrons. The lowest BCUT2D eigenvalue weighted by Gasteiger charge is -2.13. The van der Waals surface area contributed by atoms with Crippen LogP contribution in [0.5, 0.6) is 0 Å². The van der Waals surface area contributed by atoms with E-state index >= 15 is 0 Å². The number of rotatable bonds is 4. The second-order valence-electron chi connectivity index (χ2n) is 5.99. The number of thiocarbonyl (C=S) groups is 1. The zero-order valence-corrected chi connectivity index (χ0v) is 17.4. The number of hydrogen-bond donors (Lipinski definition) is 3. The monoisotopic (exact) mass is 447 g/mol. The summed E-state index contributed by atoms with van der Waals surface area (Å²) >= 11 is 17.1. The fraction of sp³-hybridized carbons (Fsp3) is 0.0500. The van der Waals surface area contributed by atoms with E-state index in [-0.39, 0.29) is 27.4 Å². The molecule has 0 aliphatic rings. The lowest BCUT2D eigenvalue weighted by molar-refractivity contribution is 0.0975. The fourth-order valence-electron chi connectivity index (χ4n) is 2.48. The summed E-state index contributed by atoms with van der Waals surface area (Å²) in [5, 5.41) is 8.99. The number of hydrogen-bond acceptors (Lipinski definition) is 4. The first kappa shape index (κ1) is 20.9. The van der Waals surface area contributed by atoms with E-state index in [1.165, 1.54) is 18.4 Å². The normalized spacial score (nSPS) is 10.3. The minimum Gasteiger partial charge on any atom is -0.459 e. The number of halogens is 2. The molecule has 29 heavy (non-hydrogen) atoms. The van der Waals surface area contributed by atoms with Crippen LogP contribution in [0.1, 0.15) is 26.5 Å². The molecule has 0 unspecified atom stereocenters. The Bertz CT molecular complexity index is 1080. The maximum Gasteiger partial charge on any atom is 0.291 e. The molecule has 1 aromatic heterocycles. The molecule has 0 aliphatic heterocycles. The number of furan rings is 1. The zero-order chi connectivity index (χ0) is 21.0. The highest BCUT2D eigenvalue weighted by Crippen LogP contribution is 2.22. The summed E-state index contributed by atoms with van der Waals surface area (Å²) in [6, 6.07) is 13.0. The Kier molecular flexibility index (Phi) is 6.53. The van der Waals surface area contributed by atoms with E-state index in [9.17, 15) is 9.59 Å². The van der Waals surface area contributed by atoms with Crippen molar-refractivity contribution in [2.24, 2.45) is 0 Å². The van der Waals surface area contributed by atoms with Gasteiger partial charge in [-0.15, -0.1) is 0 Å². The minimum atomic E-state index is -0.478. The topological polar surface area (TPSA) is 83.4 Å². The van der Waals surface area contributed by atoms with Gasteiger partial charge in [-0.25, -0.2) is 0 Å². The lowest BCUT2D eigenvalue weighted by atomic mass is 10.1. The number of benzene rings is 2. The molecule has 0 aliphatic carbocycles. The quantitative estimate of drug-likeness (QED) is 0.474. The average Bonchev–Trinajstić information content (AvgIpc) is 3.20. The third-order valence-corrected chi connectivity index (χ3v) is 4.65. The molecule has 0 fully saturated rings. The van der Waals surface area contributed by atoms with Gasteiger partial charge in [0.05, 0.1) is 16.8 Å². The third-order valence-electron chi connectivity index (χ3n) is 3.88. The summed E-state index contributed by atoms with van der Waals surface area (Å²) in [4.78, 5) is 24.4. The Hall–Kier alpha value is -2.87. The number of anilines is 2. The lowest BCUT2D eigenvalue weighted by Crippen LogP contribution is -2.34. The Morgan fingerprint density at radius 3 is 2.48 bits per heavy atom. The molecule has 148 valence electrons. The van der Waals surface area contributed by atoms with Crippen molar-refractivity contribution in [2.45, 2.75) is 6.92 Å². The van der Waals surface area contributed by atoms with Gasteiger partial charge < -0.3 is 15.1 Å². The highest BCUT2D eigenvalue weighted by atomic mass is 35.5. The van der Waals surface area contributed by atoms with Crippen LogP contribution in [0.25, 0.3) is 0 Å². The van der Waals surface area contributed by atoms with Crippen LogP contribution in [-0.4, -0.2) is 16.9 Å². The average molecular weight is 448 g/mol. The molecule has 1 heterocycles. The zero-order valence-electron chi connectivity index (χ0n) is 15.1. The predicted octanol–water partition coefficient (Wildman–Crippen LogP) is 5.27. The van der Waals surface area contributed by atoms with E-state index in [1.807, 2.05) is 6.92 Å². The van der Waals surface area contributed by atoms with Gasteiger partial charge in [-0.2, -0.15) is 0 Å². The van der Waals surface area contributed by atoms with Crippen molar-refractivity contribution in [1.29, 1.82) is 0 Å². The van der Waals surface area contributed by atoms with Gasteiger partial charge in [-0.3, -0.25) is 14.9 Å². The maximum atomic E-state index is 12.3. The second-order valence-corrected chi connectivity index (χ2v) is 7.25. The first-order valence-corrected chi connectivity index (χ1v) is 9.53. The highest BCUT2D eigenvalue weighted by Gasteiger charge is 2.14. The van der Waals surface area contributed by atoms with E-state index in [4.69, 9.17) is 39.8 Å². The van der Waals surface area contributed by atoms with Crippen molar-refractivity contribution < 1.29 is 14.0 Å². The van der Waals surface area contributed by atoms with Crippen LogP contribution in [-0.2, 0) is 0 Å². The SMILES string of the molecule is Cc1cc(NC(=S)NC(=O)c2cc(Cl)ccc2Cl)ccc1NC(=O)c1ccco1. The Balaban J connectivity index is 1.63. The minimum absolute atomic E-state index is 0.0952. The molecule has 0 bridgehead atoms. The van der Waals surface area contributed by atoms with E-state index in [0.717, 1.165) is 5.56 Å². The summed E-state index contributed by atoms with van der Waals surface area (Å²) in [5.41, 5.74) is 2.27. The smallest absolute Gasteiger partial charge is 0.291 e. The van der Waals surface area contributed by atoms with Gasteiger partial charge in [-0.1, -0.05) is 23.2 Å². The van der Waals surface area contributed by atoms with Gasteiger partial charge in [0.1, 0.15) is 0 Å². The van der Waals surface area contributed by atoms with Gasteiger partial charge in [0.15, 0.2) is 10.9 Å². The Morgan fingerprint density at radius 1 is 1.00 bits per heavy atom. The van der Waals surface area contributed by atoms with Crippen LogP contribution in [0.15, 0.2) is 59.2 Å².